The molecular formula is C19H18N2O5. The summed E-state index contributed by atoms with van der Waals surface area (Å²) < 4.78 is 11.0. The number of carbonyl (C=O) groups excluding carboxylic acids is 2. The first kappa shape index (κ1) is 17.5. The molecule has 0 spiro atoms. The Morgan fingerprint density at radius 2 is 1.92 bits per heavy atom. The van der Waals surface area contributed by atoms with Gasteiger partial charge in [0.1, 0.15) is 6.54 Å². The molecule has 0 unspecified atom stereocenters. The third-order valence-electron chi connectivity index (χ3n) is 3.97. The van der Waals surface area contributed by atoms with Crippen molar-refractivity contribution in [3.05, 3.63) is 70.2 Å². The van der Waals surface area contributed by atoms with Crippen LogP contribution in [-0.2, 0) is 22.5 Å². The Labute approximate surface area is 149 Å². The van der Waals surface area contributed by atoms with E-state index in [1.165, 1.54) is 23.8 Å². The number of nitrogens with zero attached hydrogens (tertiary/aromatic N) is 1. The number of ether oxygens (including phenoxy) is 1. The van der Waals surface area contributed by atoms with Crippen LogP contribution in [0.15, 0.2) is 57.7 Å². The zero-order chi connectivity index (χ0) is 18.5. The minimum absolute atomic E-state index is 0.155. The predicted molar refractivity (Wildman–Crippen MR) is 95.0 cm³/mol. The molecule has 3 aromatic rings. The molecule has 7 heteroatoms. The number of rotatable bonds is 6. The standard InChI is InChI=1S/C19H18N2O5/c1-25-18(23)14-7-8-15-16(11-14)26-19(24)21(15)12-17(22)20-10-9-13-5-3-2-4-6-13/h2-8,11H,9-10,12H2,1H3,(H,20,22). The number of hydrogen-bond acceptors (Lipinski definition) is 5. The quantitative estimate of drug-likeness (QED) is 0.681. The monoisotopic (exact) mass is 354 g/mol. The molecule has 1 amide bonds. The average molecular weight is 354 g/mol. The van der Waals surface area contributed by atoms with Gasteiger partial charge in [-0.15, -0.1) is 0 Å². The third-order valence-corrected chi connectivity index (χ3v) is 3.97. The van der Waals surface area contributed by atoms with E-state index in [9.17, 15) is 14.4 Å². The fourth-order valence-electron chi connectivity index (χ4n) is 2.65. The lowest BCUT2D eigenvalue weighted by Crippen LogP contribution is -2.32. The second kappa shape index (κ2) is 7.69. The van der Waals surface area contributed by atoms with Gasteiger partial charge in [-0.05, 0) is 30.2 Å². The van der Waals surface area contributed by atoms with Crippen molar-refractivity contribution < 1.29 is 18.7 Å². The van der Waals surface area contributed by atoms with Gasteiger partial charge in [-0.1, -0.05) is 30.3 Å². The summed E-state index contributed by atoms with van der Waals surface area (Å²) in [5.74, 6) is -1.47. The highest BCUT2D eigenvalue weighted by Gasteiger charge is 2.15. The summed E-state index contributed by atoms with van der Waals surface area (Å²) >= 11 is 0. The lowest BCUT2D eigenvalue weighted by atomic mass is 10.1. The normalized spacial score (nSPS) is 10.7. The molecule has 1 N–H and O–H groups in total. The summed E-state index contributed by atoms with van der Waals surface area (Å²) in [7, 11) is 1.27. The highest BCUT2D eigenvalue weighted by molar-refractivity contribution is 5.93. The molecule has 1 heterocycles. The van der Waals surface area contributed by atoms with Crippen LogP contribution in [0.1, 0.15) is 15.9 Å². The minimum atomic E-state index is -0.653. The Balaban J connectivity index is 1.68. The number of hydrogen-bond donors (Lipinski definition) is 1. The van der Waals surface area contributed by atoms with Crippen molar-refractivity contribution in [3.63, 3.8) is 0 Å². The molecule has 0 aliphatic rings. The molecule has 0 aliphatic carbocycles. The van der Waals surface area contributed by atoms with Gasteiger partial charge in [0.2, 0.25) is 5.91 Å². The molecule has 0 fully saturated rings. The van der Waals surface area contributed by atoms with E-state index in [-0.39, 0.29) is 23.6 Å². The molecule has 2 aromatic carbocycles. The van der Waals surface area contributed by atoms with Crippen molar-refractivity contribution in [1.82, 2.24) is 9.88 Å². The number of fused-ring (bicyclic) bond motifs is 1. The summed E-state index contributed by atoms with van der Waals surface area (Å²) in [6.07, 6.45) is 0.704. The first-order valence-electron chi connectivity index (χ1n) is 8.11. The van der Waals surface area contributed by atoms with Gasteiger partial charge < -0.3 is 14.5 Å². The second-order valence-electron chi connectivity index (χ2n) is 5.71. The van der Waals surface area contributed by atoms with E-state index >= 15 is 0 Å². The van der Waals surface area contributed by atoms with Gasteiger partial charge in [0, 0.05) is 6.54 Å². The first-order chi connectivity index (χ1) is 12.6. The van der Waals surface area contributed by atoms with Gasteiger partial charge in [-0.25, -0.2) is 9.59 Å². The SMILES string of the molecule is COC(=O)c1ccc2c(c1)oc(=O)n2CC(=O)NCCc1ccccc1. The van der Waals surface area contributed by atoms with E-state index in [4.69, 9.17) is 4.42 Å². The van der Waals surface area contributed by atoms with Crippen LogP contribution in [-0.4, -0.2) is 30.1 Å². The number of carbonyl (C=O) groups is 2. The summed E-state index contributed by atoms with van der Waals surface area (Å²) in [4.78, 5) is 35.7. The smallest absolute Gasteiger partial charge is 0.420 e. The Morgan fingerprint density at radius 1 is 1.15 bits per heavy atom. The zero-order valence-corrected chi connectivity index (χ0v) is 14.2. The topological polar surface area (TPSA) is 90.5 Å². The lowest BCUT2D eigenvalue weighted by Gasteiger charge is -2.06. The Hall–Kier alpha value is -3.35. The lowest BCUT2D eigenvalue weighted by molar-refractivity contribution is -0.121. The van der Waals surface area contributed by atoms with Gasteiger partial charge in [-0.3, -0.25) is 9.36 Å². The van der Waals surface area contributed by atoms with E-state index in [2.05, 4.69) is 10.1 Å². The maximum Gasteiger partial charge on any atom is 0.420 e. The largest absolute Gasteiger partial charge is 0.465 e. The molecule has 0 saturated heterocycles. The van der Waals surface area contributed by atoms with E-state index in [0.29, 0.717) is 18.5 Å². The van der Waals surface area contributed by atoms with Crippen molar-refractivity contribution in [1.29, 1.82) is 0 Å². The average Bonchev–Trinajstić information content (AvgIpc) is 2.96. The molecule has 0 bridgehead atoms. The van der Waals surface area contributed by atoms with Crippen molar-refractivity contribution in [3.8, 4) is 0 Å². The van der Waals surface area contributed by atoms with Crippen LogP contribution in [0.4, 0.5) is 0 Å². The Bertz CT molecular complexity index is 988. The van der Waals surface area contributed by atoms with Gasteiger partial charge >= 0.3 is 11.7 Å². The number of aromatic nitrogens is 1. The van der Waals surface area contributed by atoms with Gasteiger partial charge in [-0.2, -0.15) is 0 Å². The van der Waals surface area contributed by atoms with Crippen molar-refractivity contribution in [2.45, 2.75) is 13.0 Å². The molecule has 3 rings (SSSR count). The maximum atomic E-state index is 12.1. The Morgan fingerprint density at radius 3 is 2.65 bits per heavy atom. The molecule has 0 aliphatic heterocycles. The highest BCUT2D eigenvalue weighted by Crippen LogP contribution is 2.15. The van der Waals surface area contributed by atoms with Crippen molar-refractivity contribution in [2.75, 3.05) is 13.7 Å². The van der Waals surface area contributed by atoms with Crippen LogP contribution in [0, 0.1) is 0 Å². The maximum absolute atomic E-state index is 12.1. The van der Waals surface area contributed by atoms with Gasteiger partial charge in [0.15, 0.2) is 5.58 Å². The third kappa shape index (κ3) is 3.83. The minimum Gasteiger partial charge on any atom is -0.465 e. The van der Waals surface area contributed by atoms with Crippen molar-refractivity contribution in [2.24, 2.45) is 0 Å². The van der Waals surface area contributed by atoms with E-state index in [0.717, 1.165) is 5.56 Å². The van der Waals surface area contributed by atoms with Crippen molar-refractivity contribution >= 4 is 23.0 Å². The zero-order valence-electron chi connectivity index (χ0n) is 14.2. The number of esters is 1. The predicted octanol–water partition coefficient (Wildman–Crippen LogP) is 1.74. The van der Waals surface area contributed by atoms with E-state index in [1.807, 2.05) is 30.3 Å². The molecule has 1 aromatic heterocycles. The number of nitrogens with one attached hydrogen (secondary N) is 1. The summed E-state index contributed by atoms with van der Waals surface area (Å²) in [5.41, 5.74) is 2.07. The summed E-state index contributed by atoms with van der Waals surface area (Å²) in [6, 6.07) is 14.3. The molecule has 134 valence electrons. The number of amides is 1. The van der Waals surface area contributed by atoms with Gasteiger partial charge in [0.25, 0.3) is 0 Å². The molecule has 0 atom stereocenters. The van der Waals surface area contributed by atoms with E-state index < -0.39 is 11.7 Å². The van der Waals surface area contributed by atoms with Gasteiger partial charge in [0.05, 0.1) is 18.2 Å². The first-order valence-corrected chi connectivity index (χ1v) is 8.11. The second-order valence-corrected chi connectivity index (χ2v) is 5.71. The molecule has 26 heavy (non-hydrogen) atoms. The fourth-order valence-corrected chi connectivity index (χ4v) is 2.65. The van der Waals surface area contributed by atoms with Crippen LogP contribution in [0.25, 0.3) is 11.1 Å². The summed E-state index contributed by atoms with van der Waals surface area (Å²) in [5, 5.41) is 2.79. The van der Waals surface area contributed by atoms with Crippen LogP contribution in [0.5, 0.6) is 0 Å². The van der Waals surface area contributed by atoms with E-state index in [1.54, 1.807) is 6.07 Å². The molecule has 7 nitrogen and oxygen atoms in total. The number of oxazole rings is 1. The highest BCUT2D eigenvalue weighted by atomic mass is 16.5. The number of methoxy groups -OCH3 is 1. The Kier molecular flexibility index (Phi) is 5.17. The molecule has 0 radical (unpaired) electrons. The molecule has 0 saturated carbocycles. The van der Waals surface area contributed by atoms with Crippen LogP contribution in [0.3, 0.4) is 0 Å². The van der Waals surface area contributed by atoms with Crippen LogP contribution >= 0.6 is 0 Å². The number of benzene rings is 2. The fraction of sp³-hybridized carbons (Fsp3) is 0.211. The van der Waals surface area contributed by atoms with Crippen LogP contribution in [0.2, 0.25) is 0 Å². The van der Waals surface area contributed by atoms with Crippen LogP contribution < -0.4 is 11.1 Å². The summed E-state index contributed by atoms with van der Waals surface area (Å²) in [6.45, 7) is 0.318. The molecular weight excluding hydrogens is 336 g/mol.